The Hall–Kier alpha value is -0.0800. The van der Waals surface area contributed by atoms with Crippen molar-refractivity contribution in [1.29, 1.82) is 0 Å². The van der Waals surface area contributed by atoms with Gasteiger partial charge in [0.25, 0.3) is 0 Å². The van der Waals surface area contributed by atoms with Gasteiger partial charge in [0, 0.05) is 18.5 Å². The molecule has 3 aliphatic rings. The number of likely N-dealkylation sites (tertiary alicyclic amines) is 1. The molecule has 1 N–H and O–H groups in total. The summed E-state index contributed by atoms with van der Waals surface area (Å²) in [6.45, 7) is 7.11. The lowest BCUT2D eigenvalue weighted by atomic mass is 9.72. The first-order valence-corrected chi connectivity index (χ1v) is 9.07. The normalized spacial score (nSPS) is 47.0. The molecule has 2 aliphatic carbocycles. The smallest absolute Gasteiger partial charge is 0.0585 e. The van der Waals surface area contributed by atoms with Crippen molar-refractivity contribution in [2.24, 2.45) is 23.7 Å². The second-order valence-electron chi connectivity index (χ2n) is 8.03. The standard InChI is InChI=1S/C18H33NO/c1-13-10-14(2)16(18(20)11-13)12-19-9-5-7-15-6-3-4-8-17(15)19/h13-18,20H,3-12H2,1-2H3. The number of aliphatic hydroxyl groups is 1. The van der Waals surface area contributed by atoms with Crippen LogP contribution in [0.2, 0.25) is 0 Å². The van der Waals surface area contributed by atoms with E-state index < -0.39 is 0 Å². The van der Waals surface area contributed by atoms with Gasteiger partial charge in [-0.1, -0.05) is 26.7 Å². The highest BCUT2D eigenvalue weighted by Crippen LogP contribution is 2.39. The van der Waals surface area contributed by atoms with Crippen LogP contribution in [-0.4, -0.2) is 35.2 Å². The van der Waals surface area contributed by atoms with Crippen LogP contribution in [0.1, 0.15) is 65.2 Å². The van der Waals surface area contributed by atoms with Crippen LogP contribution in [0.3, 0.4) is 0 Å². The van der Waals surface area contributed by atoms with Crippen molar-refractivity contribution in [3.05, 3.63) is 0 Å². The van der Waals surface area contributed by atoms with Crippen LogP contribution in [0.5, 0.6) is 0 Å². The monoisotopic (exact) mass is 279 g/mol. The molecule has 1 heterocycles. The summed E-state index contributed by atoms with van der Waals surface area (Å²) in [7, 11) is 0. The van der Waals surface area contributed by atoms with E-state index in [1.165, 1.54) is 51.5 Å². The van der Waals surface area contributed by atoms with E-state index in [0.29, 0.717) is 17.8 Å². The zero-order valence-corrected chi connectivity index (χ0v) is 13.4. The SMILES string of the molecule is CC1CC(C)C(CN2CCCC3CCCCC32)C(O)C1. The van der Waals surface area contributed by atoms with E-state index in [1.807, 2.05) is 0 Å². The van der Waals surface area contributed by atoms with E-state index in [9.17, 15) is 5.11 Å². The quantitative estimate of drug-likeness (QED) is 0.833. The molecular formula is C18H33NO. The second kappa shape index (κ2) is 6.36. The summed E-state index contributed by atoms with van der Waals surface area (Å²) in [6.07, 6.45) is 10.9. The first kappa shape index (κ1) is 14.8. The maximum atomic E-state index is 10.5. The Labute approximate surface area is 124 Å². The summed E-state index contributed by atoms with van der Waals surface area (Å²) < 4.78 is 0. The molecule has 2 nitrogen and oxygen atoms in total. The Kier molecular flexibility index (Phi) is 4.72. The fourth-order valence-corrected chi connectivity index (χ4v) is 5.40. The molecule has 20 heavy (non-hydrogen) atoms. The van der Waals surface area contributed by atoms with Crippen molar-refractivity contribution in [3.63, 3.8) is 0 Å². The zero-order chi connectivity index (χ0) is 14.1. The summed E-state index contributed by atoms with van der Waals surface area (Å²) >= 11 is 0. The molecule has 3 fully saturated rings. The average molecular weight is 279 g/mol. The van der Waals surface area contributed by atoms with E-state index in [2.05, 4.69) is 18.7 Å². The maximum absolute atomic E-state index is 10.5. The Balaban J connectivity index is 1.63. The molecule has 0 amide bonds. The van der Waals surface area contributed by atoms with Gasteiger partial charge in [-0.25, -0.2) is 0 Å². The van der Waals surface area contributed by atoms with E-state index >= 15 is 0 Å². The largest absolute Gasteiger partial charge is 0.393 e. The van der Waals surface area contributed by atoms with Gasteiger partial charge in [-0.15, -0.1) is 0 Å². The molecule has 0 radical (unpaired) electrons. The summed E-state index contributed by atoms with van der Waals surface area (Å²) in [6, 6.07) is 0.844. The van der Waals surface area contributed by atoms with Gasteiger partial charge >= 0.3 is 0 Å². The van der Waals surface area contributed by atoms with Gasteiger partial charge in [-0.2, -0.15) is 0 Å². The second-order valence-corrected chi connectivity index (χ2v) is 8.03. The van der Waals surface area contributed by atoms with Gasteiger partial charge in [-0.3, -0.25) is 4.90 Å². The number of aliphatic hydroxyl groups excluding tert-OH is 1. The molecule has 0 aromatic rings. The van der Waals surface area contributed by atoms with Crippen molar-refractivity contribution in [2.45, 2.75) is 77.4 Å². The third kappa shape index (κ3) is 3.06. The predicted molar refractivity (Wildman–Crippen MR) is 83.6 cm³/mol. The van der Waals surface area contributed by atoms with Gasteiger partial charge in [0.1, 0.15) is 0 Å². The number of piperidine rings is 1. The molecule has 1 saturated heterocycles. The van der Waals surface area contributed by atoms with Crippen molar-refractivity contribution in [3.8, 4) is 0 Å². The van der Waals surface area contributed by atoms with Crippen molar-refractivity contribution in [2.75, 3.05) is 13.1 Å². The third-order valence-electron chi connectivity index (χ3n) is 6.45. The van der Waals surface area contributed by atoms with Crippen LogP contribution in [0.25, 0.3) is 0 Å². The molecule has 0 spiro atoms. The Morgan fingerprint density at radius 2 is 1.75 bits per heavy atom. The first-order chi connectivity index (χ1) is 9.65. The summed E-state index contributed by atoms with van der Waals surface area (Å²) in [4.78, 5) is 2.77. The third-order valence-corrected chi connectivity index (χ3v) is 6.45. The summed E-state index contributed by atoms with van der Waals surface area (Å²) in [5.74, 6) is 2.89. The van der Waals surface area contributed by atoms with Crippen molar-refractivity contribution >= 4 is 0 Å². The Bertz CT molecular complexity index is 305. The average Bonchev–Trinajstić information content (AvgIpc) is 2.43. The molecule has 0 bridgehead atoms. The lowest BCUT2D eigenvalue weighted by molar-refractivity contribution is -0.0289. The Morgan fingerprint density at radius 3 is 2.55 bits per heavy atom. The highest BCUT2D eigenvalue weighted by molar-refractivity contribution is 4.91. The molecule has 3 rings (SSSR count). The zero-order valence-electron chi connectivity index (χ0n) is 13.4. The van der Waals surface area contributed by atoms with Crippen LogP contribution in [0.15, 0.2) is 0 Å². The van der Waals surface area contributed by atoms with Gasteiger partial charge in [0.05, 0.1) is 6.10 Å². The number of nitrogens with zero attached hydrogens (tertiary/aromatic N) is 1. The van der Waals surface area contributed by atoms with Crippen molar-refractivity contribution in [1.82, 2.24) is 4.90 Å². The van der Waals surface area contributed by atoms with Crippen LogP contribution in [0.4, 0.5) is 0 Å². The minimum absolute atomic E-state index is 0.0577. The number of hydrogen-bond acceptors (Lipinski definition) is 2. The molecule has 0 aromatic carbocycles. The molecule has 2 heteroatoms. The fourth-order valence-electron chi connectivity index (χ4n) is 5.40. The van der Waals surface area contributed by atoms with E-state index in [1.54, 1.807) is 0 Å². The maximum Gasteiger partial charge on any atom is 0.0585 e. The van der Waals surface area contributed by atoms with Crippen LogP contribution < -0.4 is 0 Å². The first-order valence-electron chi connectivity index (χ1n) is 9.07. The highest BCUT2D eigenvalue weighted by Gasteiger charge is 2.38. The van der Waals surface area contributed by atoms with Gasteiger partial charge in [0.2, 0.25) is 0 Å². The van der Waals surface area contributed by atoms with Gasteiger partial charge in [-0.05, 0) is 62.8 Å². The van der Waals surface area contributed by atoms with E-state index in [-0.39, 0.29) is 6.10 Å². The fraction of sp³-hybridized carbons (Fsp3) is 1.00. The van der Waals surface area contributed by atoms with Crippen LogP contribution >= 0.6 is 0 Å². The molecule has 6 atom stereocenters. The summed E-state index contributed by atoms with van der Waals surface area (Å²) in [5, 5.41) is 10.5. The molecule has 116 valence electrons. The lowest BCUT2D eigenvalue weighted by Gasteiger charge is -2.47. The lowest BCUT2D eigenvalue weighted by Crippen LogP contribution is -2.51. The van der Waals surface area contributed by atoms with E-state index in [0.717, 1.165) is 24.9 Å². The van der Waals surface area contributed by atoms with E-state index in [4.69, 9.17) is 0 Å². The highest BCUT2D eigenvalue weighted by atomic mass is 16.3. The predicted octanol–water partition coefficient (Wildman–Crippen LogP) is 3.68. The van der Waals surface area contributed by atoms with Crippen molar-refractivity contribution < 1.29 is 5.11 Å². The minimum Gasteiger partial charge on any atom is -0.393 e. The molecule has 6 unspecified atom stereocenters. The number of hydrogen-bond donors (Lipinski definition) is 1. The molecule has 2 saturated carbocycles. The van der Waals surface area contributed by atoms with Crippen LogP contribution in [0, 0.1) is 23.7 Å². The number of rotatable bonds is 2. The molecular weight excluding hydrogens is 246 g/mol. The summed E-state index contributed by atoms with van der Waals surface area (Å²) in [5.41, 5.74) is 0. The minimum atomic E-state index is -0.0577. The topological polar surface area (TPSA) is 23.5 Å². The van der Waals surface area contributed by atoms with Gasteiger partial charge < -0.3 is 5.11 Å². The van der Waals surface area contributed by atoms with Crippen LogP contribution in [-0.2, 0) is 0 Å². The Morgan fingerprint density at radius 1 is 1.00 bits per heavy atom. The van der Waals surface area contributed by atoms with Gasteiger partial charge in [0.15, 0.2) is 0 Å². The molecule has 1 aliphatic heterocycles. The molecule has 0 aromatic heterocycles. The number of fused-ring (bicyclic) bond motifs is 1.